The number of carbonyl (C=O) groups is 2. The van der Waals surface area contributed by atoms with Crippen LogP contribution in [0.15, 0.2) is 41.5 Å². The van der Waals surface area contributed by atoms with Crippen LogP contribution in [0.2, 0.25) is 10.0 Å². The lowest BCUT2D eigenvalue weighted by atomic mass is 10.1. The molecule has 0 aliphatic carbocycles. The van der Waals surface area contributed by atoms with Gasteiger partial charge in [0.25, 0.3) is 0 Å². The molecule has 0 unspecified atom stereocenters. The van der Waals surface area contributed by atoms with Crippen LogP contribution in [0.25, 0.3) is 0 Å². The number of nitrogens with one attached hydrogen (secondary N) is 2. The van der Waals surface area contributed by atoms with Crippen LogP contribution < -0.4 is 20.2 Å². The third kappa shape index (κ3) is 5.87. The Morgan fingerprint density at radius 1 is 1.07 bits per heavy atom. The molecule has 148 valence electrons. The third-order valence-corrected chi connectivity index (χ3v) is 4.54. The summed E-state index contributed by atoms with van der Waals surface area (Å²) < 4.78 is 10.4. The maximum absolute atomic E-state index is 11.8. The Balaban J connectivity index is 1.82. The highest BCUT2D eigenvalue weighted by Crippen LogP contribution is 2.27. The van der Waals surface area contributed by atoms with Gasteiger partial charge >= 0.3 is 11.8 Å². The number of carbonyl (C=O) groups excluding carboxylic acids is 2. The molecule has 2 N–H and O–H groups in total. The molecule has 2 amide bonds. The minimum atomic E-state index is -0.887. The normalized spacial score (nSPS) is 10.6. The van der Waals surface area contributed by atoms with E-state index in [4.69, 9.17) is 32.7 Å². The van der Waals surface area contributed by atoms with Crippen LogP contribution in [0.4, 0.5) is 0 Å². The first-order valence-electron chi connectivity index (χ1n) is 8.22. The summed E-state index contributed by atoms with van der Waals surface area (Å²) in [4.78, 5) is 23.6. The first kappa shape index (κ1) is 21.5. The molecule has 0 aliphatic rings. The fraction of sp³-hybridized carbons (Fsp3) is 0.211. The first-order chi connectivity index (χ1) is 13.5. The number of hydrazone groups is 1. The summed E-state index contributed by atoms with van der Waals surface area (Å²) in [6, 6.07) is 10.4. The Morgan fingerprint density at radius 2 is 1.82 bits per heavy atom. The summed E-state index contributed by atoms with van der Waals surface area (Å²) in [5.74, 6) is -0.470. The largest absolute Gasteiger partial charge is 0.493 e. The second-order valence-electron chi connectivity index (χ2n) is 5.54. The van der Waals surface area contributed by atoms with Gasteiger partial charge in [-0.05, 0) is 30.2 Å². The number of nitrogens with zero attached hydrogens (tertiary/aromatic N) is 1. The maximum Gasteiger partial charge on any atom is 0.329 e. The highest BCUT2D eigenvalue weighted by molar-refractivity contribution is 6.43. The van der Waals surface area contributed by atoms with Crippen molar-refractivity contribution in [2.75, 3.05) is 20.8 Å². The molecule has 28 heavy (non-hydrogen) atoms. The zero-order chi connectivity index (χ0) is 20.5. The SMILES string of the molecule is COc1ccc(CCNC(=O)C(=O)N/N=C\c2cccc(Cl)c2Cl)cc1OC. The van der Waals surface area contributed by atoms with Crippen molar-refractivity contribution < 1.29 is 19.1 Å². The Labute approximate surface area is 172 Å². The van der Waals surface area contributed by atoms with Gasteiger partial charge in [-0.1, -0.05) is 41.4 Å². The molecule has 0 saturated heterocycles. The second kappa shape index (κ2) is 10.5. The van der Waals surface area contributed by atoms with Crippen LogP contribution in [0.5, 0.6) is 11.5 Å². The van der Waals surface area contributed by atoms with E-state index in [0.29, 0.717) is 33.5 Å². The van der Waals surface area contributed by atoms with Crippen molar-refractivity contribution in [1.82, 2.24) is 10.7 Å². The van der Waals surface area contributed by atoms with Gasteiger partial charge in [-0.15, -0.1) is 0 Å². The number of amides is 2. The maximum atomic E-state index is 11.8. The van der Waals surface area contributed by atoms with E-state index in [1.54, 1.807) is 38.5 Å². The lowest BCUT2D eigenvalue weighted by molar-refractivity contribution is -0.139. The van der Waals surface area contributed by atoms with Gasteiger partial charge in [0, 0.05) is 12.1 Å². The molecule has 2 aromatic rings. The second-order valence-corrected chi connectivity index (χ2v) is 6.32. The molecule has 7 nitrogen and oxygen atoms in total. The topological polar surface area (TPSA) is 89.0 Å². The number of hydrogen-bond acceptors (Lipinski definition) is 5. The predicted molar refractivity (Wildman–Crippen MR) is 108 cm³/mol. The molecule has 9 heteroatoms. The molecule has 0 radical (unpaired) electrons. The Bertz CT molecular complexity index is 887. The highest BCUT2D eigenvalue weighted by atomic mass is 35.5. The van der Waals surface area contributed by atoms with Gasteiger partial charge < -0.3 is 14.8 Å². The summed E-state index contributed by atoms with van der Waals surface area (Å²) in [6.45, 7) is 0.269. The van der Waals surface area contributed by atoms with Crippen molar-refractivity contribution in [2.24, 2.45) is 5.10 Å². The van der Waals surface area contributed by atoms with Crippen LogP contribution in [0.1, 0.15) is 11.1 Å². The van der Waals surface area contributed by atoms with Crippen molar-refractivity contribution in [2.45, 2.75) is 6.42 Å². The average Bonchev–Trinajstić information content (AvgIpc) is 2.70. The predicted octanol–water partition coefficient (Wildman–Crippen LogP) is 2.82. The van der Waals surface area contributed by atoms with Crippen LogP contribution in [0, 0.1) is 0 Å². The molecule has 0 heterocycles. The summed E-state index contributed by atoms with van der Waals surface area (Å²) in [6.07, 6.45) is 1.82. The van der Waals surface area contributed by atoms with E-state index in [-0.39, 0.29) is 6.54 Å². The number of rotatable bonds is 7. The number of hydrogen-bond donors (Lipinski definition) is 2. The van der Waals surface area contributed by atoms with Gasteiger partial charge in [0.15, 0.2) is 11.5 Å². The van der Waals surface area contributed by atoms with Crippen molar-refractivity contribution in [3.63, 3.8) is 0 Å². The number of halogens is 2. The molecule has 0 bridgehead atoms. The number of methoxy groups -OCH3 is 2. The summed E-state index contributed by atoms with van der Waals surface area (Å²) in [5.41, 5.74) is 3.58. The fourth-order valence-corrected chi connectivity index (χ4v) is 2.62. The van der Waals surface area contributed by atoms with E-state index < -0.39 is 11.8 Å². The molecular formula is C19H19Cl2N3O4. The summed E-state index contributed by atoms with van der Waals surface area (Å²) in [7, 11) is 3.10. The van der Waals surface area contributed by atoms with E-state index in [1.807, 2.05) is 12.1 Å². The molecular weight excluding hydrogens is 405 g/mol. The van der Waals surface area contributed by atoms with E-state index in [1.165, 1.54) is 6.21 Å². The van der Waals surface area contributed by atoms with Crippen molar-refractivity contribution in [3.05, 3.63) is 57.6 Å². The zero-order valence-corrected chi connectivity index (χ0v) is 16.8. The highest BCUT2D eigenvalue weighted by Gasteiger charge is 2.12. The Hall–Kier alpha value is -2.77. The summed E-state index contributed by atoms with van der Waals surface area (Å²) >= 11 is 11.9. The van der Waals surface area contributed by atoms with Crippen LogP contribution >= 0.6 is 23.2 Å². The first-order valence-corrected chi connectivity index (χ1v) is 8.98. The lowest BCUT2D eigenvalue weighted by Gasteiger charge is -2.10. The van der Waals surface area contributed by atoms with Gasteiger partial charge in [-0.3, -0.25) is 9.59 Å². The molecule has 0 atom stereocenters. The van der Waals surface area contributed by atoms with Gasteiger partial charge in [0.05, 0.1) is 30.5 Å². The van der Waals surface area contributed by atoms with E-state index in [9.17, 15) is 9.59 Å². The third-order valence-electron chi connectivity index (χ3n) is 3.70. The van der Waals surface area contributed by atoms with Crippen molar-refractivity contribution >= 4 is 41.2 Å². The van der Waals surface area contributed by atoms with Gasteiger partial charge in [0.2, 0.25) is 0 Å². The minimum absolute atomic E-state index is 0.269. The van der Waals surface area contributed by atoms with E-state index in [0.717, 1.165) is 5.56 Å². The van der Waals surface area contributed by atoms with Crippen LogP contribution in [-0.4, -0.2) is 38.8 Å². The smallest absolute Gasteiger partial charge is 0.329 e. The van der Waals surface area contributed by atoms with Crippen LogP contribution in [-0.2, 0) is 16.0 Å². The molecule has 0 fully saturated rings. The number of ether oxygens (including phenoxy) is 2. The molecule has 0 spiro atoms. The standard InChI is InChI=1S/C19H19Cl2N3O4/c1-27-15-7-6-12(10-16(15)28-2)8-9-22-18(25)19(26)24-23-11-13-4-3-5-14(20)17(13)21/h3-7,10-11H,8-9H2,1-2H3,(H,22,25)(H,24,26)/b23-11-. The van der Waals surface area contributed by atoms with E-state index >= 15 is 0 Å². The average molecular weight is 424 g/mol. The van der Waals surface area contributed by atoms with Gasteiger partial charge in [-0.25, -0.2) is 5.43 Å². The molecule has 2 aromatic carbocycles. The quantitative estimate of drug-likeness (QED) is 0.407. The zero-order valence-electron chi connectivity index (χ0n) is 15.3. The molecule has 0 saturated carbocycles. The Morgan fingerprint density at radius 3 is 2.54 bits per heavy atom. The molecule has 0 aliphatic heterocycles. The van der Waals surface area contributed by atoms with E-state index in [2.05, 4.69) is 15.8 Å². The number of benzene rings is 2. The van der Waals surface area contributed by atoms with Gasteiger partial charge in [-0.2, -0.15) is 5.10 Å². The van der Waals surface area contributed by atoms with Crippen molar-refractivity contribution in [3.8, 4) is 11.5 Å². The monoisotopic (exact) mass is 423 g/mol. The molecule has 0 aromatic heterocycles. The fourth-order valence-electron chi connectivity index (χ4n) is 2.27. The van der Waals surface area contributed by atoms with Gasteiger partial charge in [0.1, 0.15) is 0 Å². The molecule has 2 rings (SSSR count). The van der Waals surface area contributed by atoms with Crippen molar-refractivity contribution in [1.29, 1.82) is 0 Å². The lowest BCUT2D eigenvalue weighted by Crippen LogP contribution is -2.38. The summed E-state index contributed by atoms with van der Waals surface area (Å²) in [5, 5.41) is 6.91. The van der Waals surface area contributed by atoms with Crippen LogP contribution in [0.3, 0.4) is 0 Å². The minimum Gasteiger partial charge on any atom is -0.493 e. The Kier molecular flexibility index (Phi) is 8.10.